The maximum absolute atomic E-state index is 13.0. The first-order valence-electron chi connectivity index (χ1n) is 11.0. The zero-order chi connectivity index (χ0) is 24.1. The van der Waals surface area contributed by atoms with E-state index in [9.17, 15) is 8.42 Å². The predicted molar refractivity (Wildman–Crippen MR) is 139 cm³/mol. The van der Waals surface area contributed by atoms with E-state index in [-0.39, 0.29) is 9.79 Å². The minimum absolute atomic E-state index is 0.204. The lowest BCUT2D eigenvalue weighted by Crippen LogP contribution is -2.03. The molecule has 0 saturated heterocycles. The van der Waals surface area contributed by atoms with Crippen LogP contribution >= 0.6 is 0 Å². The minimum atomic E-state index is -3.65. The number of fused-ring (bicyclic) bond motifs is 2. The van der Waals surface area contributed by atoms with Gasteiger partial charge in [-0.05, 0) is 41.5 Å². The summed E-state index contributed by atoms with van der Waals surface area (Å²) in [5, 5.41) is 1.44. The topological polar surface area (TPSA) is 72.8 Å². The van der Waals surface area contributed by atoms with Gasteiger partial charge in [0.05, 0.1) is 20.8 Å². The monoisotopic (exact) mass is 475 g/mol. The Balaban J connectivity index is 0.000000178. The highest BCUT2D eigenvalue weighted by Gasteiger charge is 2.20. The van der Waals surface area contributed by atoms with Crippen LogP contribution in [0.3, 0.4) is 0 Å². The molecule has 0 bridgehead atoms. The van der Waals surface area contributed by atoms with Gasteiger partial charge in [-0.1, -0.05) is 72.8 Å². The molecule has 2 aromatic heterocycles. The van der Waals surface area contributed by atoms with Crippen molar-refractivity contribution in [1.82, 2.24) is 15.0 Å². The van der Waals surface area contributed by atoms with Crippen LogP contribution in [0.5, 0.6) is 0 Å². The van der Waals surface area contributed by atoms with Crippen molar-refractivity contribution in [3.63, 3.8) is 0 Å². The fourth-order valence-electron chi connectivity index (χ4n) is 3.83. The van der Waals surface area contributed by atoms with Crippen LogP contribution in [0.2, 0.25) is 0 Å². The second kappa shape index (κ2) is 9.83. The summed E-state index contributed by atoms with van der Waals surface area (Å²) in [4.78, 5) is 12.8. The van der Waals surface area contributed by atoms with Crippen molar-refractivity contribution in [3.8, 4) is 11.1 Å². The quantitative estimate of drug-likeness (QED) is 0.298. The maximum Gasteiger partial charge on any atom is 0.207 e. The molecule has 0 unspecified atom stereocenters. The van der Waals surface area contributed by atoms with Crippen molar-refractivity contribution in [2.24, 2.45) is 0 Å². The van der Waals surface area contributed by atoms with Crippen LogP contribution in [0.15, 0.2) is 138 Å². The predicted octanol–water partition coefficient (Wildman–Crippen LogP) is 6.36. The Morgan fingerprint density at radius 1 is 0.571 bits per heavy atom. The lowest BCUT2D eigenvalue weighted by Gasteiger charge is -2.08. The van der Waals surface area contributed by atoms with Crippen LogP contribution in [-0.2, 0) is 9.84 Å². The Morgan fingerprint density at radius 3 is 1.91 bits per heavy atom. The minimum Gasteiger partial charge on any atom is -0.264 e. The second-order valence-corrected chi connectivity index (χ2v) is 9.71. The van der Waals surface area contributed by atoms with Gasteiger partial charge >= 0.3 is 0 Å². The summed E-state index contributed by atoms with van der Waals surface area (Å²) in [6.07, 6.45) is 6.37. The van der Waals surface area contributed by atoms with Gasteiger partial charge in [-0.25, -0.2) is 8.42 Å². The van der Waals surface area contributed by atoms with Crippen molar-refractivity contribution in [3.05, 3.63) is 128 Å². The molecule has 0 atom stereocenters. The van der Waals surface area contributed by atoms with Crippen LogP contribution in [-0.4, -0.2) is 23.4 Å². The summed E-state index contributed by atoms with van der Waals surface area (Å²) in [5.74, 6) is 0. The number of benzene rings is 4. The van der Waals surface area contributed by atoms with Crippen molar-refractivity contribution < 1.29 is 8.42 Å². The molecule has 0 aliphatic carbocycles. The van der Waals surface area contributed by atoms with Gasteiger partial charge < -0.3 is 0 Å². The highest BCUT2D eigenvalue weighted by Crippen LogP contribution is 2.29. The Morgan fingerprint density at radius 2 is 1.23 bits per heavy atom. The molecular weight excluding hydrogens is 454 g/mol. The fraction of sp³-hybridized carbons (Fsp3) is 0. The molecule has 0 spiro atoms. The van der Waals surface area contributed by atoms with Crippen LogP contribution < -0.4 is 0 Å². The highest BCUT2D eigenvalue weighted by atomic mass is 32.2. The van der Waals surface area contributed by atoms with E-state index in [0.717, 1.165) is 5.39 Å². The third-order valence-electron chi connectivity index (χ3n) is 5.56. The molecule has 5 nitrogen and oxygen atoms in total. The van der Waals surface area contributed by atoms with E-state index in [4.69, 9.17) is 0 Å². The zero-order valence-electron chi connectivity index (χ0n) is 18.7. The smallest absolute Gasteiger partial charge is 0.207 e. The van der Waals surface area contributed by atoms with Gasteiger partial charge in [0.2, 0.25) is 9.84 Å². The van der Waals surface area contributed by atoms with Gasteiger partial charge in [0.1, 0.15) is 0 Å². The fourth-order valence-corrected chi connectivity index (χ4v) is 5.33. The molecule has 0 aliphatic rings. The lowest BCUT2D eigenvalue weighted by atomic mass is 10.1. The summed E-state index contributed by atoms with van der Waals surface area (Å²) in [6, 6.07) is 32.4. The average molecular weight is 476 g/mol. The van der Waals surface area contributed by atoms with Crippen molar-refractivity contribution in [2.45, 2.75) is 9.79 Å². The van der Waals surface area contributed by atoms with Gasteiger partial charge in [0, 0.05) is 35.6 Å². The summed E-state index contributed by atoms with van der Waals surface area (Å²) >= 11 is 0. The first-order valence-corrected chi connectivity index (χ1v) is 12.5. The molecular formula is C29H21N3O2S. The van der Waals surface area contributed by atoms with E-state index in [2.05, 4.69) is 63.5 Å². The van der Waals surface area contributed by atoms with E-state index in [1.165, 1.54) is 11.1 Å². The van der Waals surface area contributed by atoms with Crippen molar-refractivity contribution in [1.29, 1.82) is 0 Å². The zero-order valence-corrected chi connectivity index (χ0v) is 19.5. The Bertz CT molecular complexity index is 1660. The molecule has 0 fully saturated rings. The molecule has 0 aliphatic heterocycles. The molecule has 0 amide bonds. The standard InChI is InChI=1S/C17H11N3O2S.C12H10/c21-23(22,13-4-5-15-16(10-13)20-9-8-19-15)17-3-1-2-12-11-18-7-6-14(12)17;1-3-7-11(8-4-1)12-9-5-2-6-10-12/h1-11H;1-10H. The van der Waals surface area contributed by atoms with Crippen LogP contribution in [0.25, 0.3) is 32.9 Å². The molecule has 170 valence electrons. The van der Waals surface area contributed by atoms with Crippen LogP contribution in [0, 0.1) is 0 Å². The maximum atomic E-state index is 13.0. The van der Waals surface area contributed by atoms with Gasteiger partial charge in [-0.3, -0.25) is 15.0 Å². The Hall–Kier alpha value is -4.42. The third kappa shape index (κ3) is 4.78. The Labute approximate surface area is 203 Å². The number of sulfone groups is 1. The molecule has 0 saturated carbocycles. The average Bonchev–Trinajstić information content (AvgIpc) is 2.94. The number of pyridine rings is 1. The highest BCUT2D eigenvalue weighted by molar-refractivity contribution is 7.91. The summed E-state index contributed by atoms with van der Waals surface area (Å²) in [5.41, 5.74) is 3.76. The molecule has 6 aromatic rings. The van der Waals surface area contributed by atoms with E-state index in [1.807, 2.05) is 18.2 Å². The first-order chi connectivity index (χ1) is 17.1. The van der Waals surface area contributed by atoms with E-state index in [1.54, 1.807) is 61.2 Å². The number of aromatic nitrogens is 3. The first kappa shape index (κ1) is 22.4. The van der Waals surface area contributed by atoms with Gasteiger partial charge in [-0.15, -0.1) is 0 Å². The number of hydrogen-bond acceptors (Lipinski definition) is 5. The number of nitrogens with zero attached hydrogens (tertiary/aromatic N) is 3. The normalized spacial score (nSPS) is 11.1. The molecule has 35 heavy (non-hydrogen) atoms. The molecule has 6 heteroatoms. The largest absolute Gasteiger partial charge is 0.264 e. The molecule has 4 aromatic carbocycles. The van der Waals surface area contributed by atoms with E-state index < -0.39 is 9.84 Å². The summed E-state index contributed by atoms with van der Waals surface area (Å²) in [7, 11) is -3.65. The van der Waals surface area contributed by atoms with Gasteiger partial charge in [0.25, 0.3) is 0 Å². The van der Waals surface area contributed by atoms with Crippen LogP contribution in [0.1, 0.15) is 0 Å². The van der Waals surface area contributed by atoms with Crippen molar-refractivity contribution >= 4 is 31.6 Å². The number of hydrogen-bond donors (Lipinski definition) is 0. The second-order valence-electron chi connectivity index (χ2n) is 7.80. The van der Waals surface area contributed by atoms with Gasteiger partial charge in [-0.2, -0.15) is 0 Å². The summed E-state index contributed by atoms with van der Waals surface area (Å²) in [6.45, 7) is 0. The van der Waals surface area contributed by atoms with E-state index in [0.29, 0.717) is 16.4 Å². The Kier molecular flexibility index (Phi) is 6.28. The van der Waals surface area contributed by atoms with Crippen molar-refractivity contribution in [2.75, 3.05) is 0 Å². The molecule has 6 rings (SSSR count). The van der Waals surface area contributed by atoms with Gasteiger partial charge in [0.15, 0.2) is 0 Å². The summed E-state index contributed by atoms with van der Waals surface area (Å²) < 4.78 is 26.0. The van der Waals surface area contributed by atoms with E-state index >= 15 is 0 Å². The molecule has 2 heterocycles. The molecule has 0 radical (unpaired) electrons. The third-order valence-corrected chi connectivity index (χ3v) is 7.37. The molecule has 0 N–H and O–H groups in total. The van der Waals surface area contributed by atoms with Crippen LogP contribution in [0.4, 0.5) is 0 Å². The lowest BCUT2D eigenvalue weighted by molar-refractivity contribution is 0.597. The SMILES string of the molecule is O=S(=O)(c1ccc2nccnc2c1)c1cccc2cnccc12.c1ccc(-c2ccccc2)cc1. The number of rotatable bonds is 3.